The summed E-state index contributed by atoms with van der Waals surface area (Å²) in [7, 11) is -3.89. The van der Waals surface area contributed by atoms with Crippen LogP contribution in [0, 0.1) is 6.92 Å². The zero-order chi connectivity index (χ0) is 19.2. The number of halogens is 2. The molecule has 27 heavy (non-hydrogen) atoms. The molecule has 0 radical (unpaired) electrons. The Hall–Kier alpha value is -1.84. The normalized spacial score (nSPS) is 24.4. The molecule has 0 amide bonds. The number of aromatic nitrogens is 2. The average Bonchev–Trinajstić information content (AvgIpc) is 3.38. The molecular formula is C18H21F2N3O3S. The van der Waals surface area contributed by atoms with E-state index in [4.69, 9.17) is 4.74 Å². The van der Waals surface area contributed by atoms with E-state index in [1.807, 2.05) is 6.92 Å². The molecule has 2 unspecified atom stereocenters. The summed E-state index contributed by atoms with van der Waals surface area (Å²) in [6, 6.07) is 6.72. The second kappa shape index (κ2) is 6.96. The summed E-state index contributed by atoms with van der Waals surface area (Å²) < 4.78 is 61.2. The van der Waals surface area contributed by atoms with E-state index in [9.17, 15) is 17.2 Å². The molecular weight excluding hydrogens is 376 g/mol. The van der Waals surface area contributed by atoms with Gasteiger partial charge in [-0.1, -0.05) is 17.7 Å². The molecule has 2 aliphatic rings. The van der Waals surface area contributed by atoms with E-state index in [1.54, 1.807) is 29.2 Å². The number of sulfonamides is 1. The molecule has 6 nitrogen and oxygen atoms in total. The SMILES string of the molecule is Cc1ccc(S(=O)(=O)N2CC(c3cnn(C4CC4)c3)OC(C(F)F)C2)cc1. The van der Waals surface area contributed by atoms with Crippen molar-refractivity contribution in [3.63, 3.8) is 0 Å². The van der Waals surface area contributed by atoms with Crippen molar-refractivity contribution < 1.29 is 21.9 Å². The Labute approximate surface area is 156 Å². The van der Waals surface area contributed by atoms with Crippen LogP contribution < -0.4 is 0 Å². The zero-order valence-electron chi connectivity index (χ0n) is 14.8. The first-order valence-corrected chi connectivity index (χ1v) is 10.3. The fourth-order valence-corrected chi connectivity index (χ4v) is 4.65. The Bertz CT molecular complexity index is 910. The van der Waals surface area contributed by atoms with Crippen LogP contribution in [0.3, 0.4) is 0 Å². The summed E-state index contributed by atoms with van der Waals surface area (Å²) in [5.74, 6) is 0. The van der Waals surface area contributed by atoms with E-state index in [-0.39, 0.29) is 18.0 Å². The lowest BCUT2D eigenvalue weighted by atomic mass is 10.1. The lowest BCUT2D eigenvalue weighted by Gasteiger charge is -2.36. The smallest absolute Gasteiger partial charge is 0.265 e. The van der Waals surface area contributed by atoms with Crippen LogP contribution in [-0.4, -0.2) is 48.1 Å². The molecule has 2 atom stereocenters. The summed E-state index contributed by atoms with van der Waals surface area (Å²) in [5.41, 5.74) is 1.54. The number of nitrogens with zero attached hydrogens (tertiary/aromatic N) is 3. The lowest BCUT2D eigenvalue weighted by molar-refractivity contribution is -0.128. The fraction of sp³-hybridized carbons (Fsp3) is 0.500. The first-order valence-electron chi connectivity index (χ1n) is 8.89. The van der Waals surface area contributed by atoms with E-state index in [0.717, 1.165) is 22.7 Å². The average molecular weight is 397 g/mol. The van der Waals surface area contributed by atoms with Crippen LogP contribution in [0.5, 0.6) is 0 Å². The third kappa shape index (κ3) is 3.76. The van der Waals surface area contributed by atoms with Crippen molar-refractivity contribution in [1.82, 2.24) is 14.1 Å². The quantitative estimate of drug-likeness (QED) is 0.778. The molecule has 1 saturated heterocycles. The van der Waals surface area contributed by atoms with Crippen LogP contribution in [-0.2, 0) is 14.8 Å². The summed E-state index contributed by atoms with van der Waals surface area (Å²) in [6.07, 6.45) is 0.404. The summed E-state index contributed by atoms with van der Waals surface area (Å²) in [4.78, 5) is 0.0930. The molecule has 1 aliphatic carbocycles. The highest BCUT2D eigenvalue weighted by molar-refractivity contribution is 7.89. The van der Waals surface area contributed by atoms with Gasteiger partial charge in [0.25, 0.3) is 6.43 Å². The number of hydrogen-bond donors (Lipinski definition) is 0. The van der Waals surface area contributed by atoms with Crippen LogP contribution in [0.4, 0.5) is 8.78 Å². The highest BCUT2D eigenvalue weighted by Crippen LogP contribution is 2.36. The van der Waals surface area contributed by atoms with Crippen molar-refractivity contribution in [3.8, 4) is 0 Å². The van der Waals surface area contributed by atoms with E-state index >= 15 is 0 Å². The molecule has 2 heterocycles. The number of rotatable bonds is 5. The Kier molecular flexibility index (Phi) is 4.77. The second-order valence-corrected chi connectivity index (χ2v) is 9.06. The van der Waals surface area contributed by atoms with Gasteiger partial charge in [-0.05, 0) is 31.9 Å². The molecule has 2 aromatic rings. The predicted molar refractivity (Wildman–Crippen MR) is 94.1 cm³/mol. The van der Waals surface area contributed by atoms with Gasteiger partial charge >= 0.3 is 0 Å². The fourth-order valence-electron chi connectivity index (χ4n) is 3.19. The van der Waals surface area contributed by atoms with Crippen LogP contribution in [0.25, 0.3) is 0 Å². The van der Waals surface area contributed by atoms with E-state index in [1.165, 1.54) is 12.1 Å². The van der Waals surface area contributed by atoms with Crippen molar-refractivity contribution in [2.45, 2.75) is 49.3 Å². The Morgan fingerprint density at radius 1 is 1.19 bits per heavy atom. The van der Waals surface area contributed by atoms with Gasteiger partial charge in [-0.3, -0.25) is 4.68 Å². The van der Waals surface area contributed by atoms with Gasteiger partial charge in [0.05, 0.1) is 17.1 Å². The summed E-state index contributed by atoms with van der Waals surface area (Å²) in [6.45, 7) is 1.46. The zero-order valence-corrected chi connectivity index (χ0v) is 15.6. The molecule has 1 aromatic heterocycles. The maximum atomic E-state index is 13.4. The maximum absolute atomic E-state index is 13.4. The number of hydrogen-bond acceptors (Lipinski definition) is 4. The Balaban J connectivity index is 1.61. The van der Waals surface area contributed by atoms with Gasteiger partial charge in [-0.25, -0.2) is 17.2 Å². The van der Waals surface area contributed by atoms with Gasteiger partial charge in [0.2, 0.25) is 10.0 Å². The minimum Gasteiger partial charge on any atom is -0.361 e. The van der Waals surface area contributed by atoms with Crippen LogP contribution in [0.2, 0.25) is 0 Å². The number of benzene rings is 1. The molecule has 1 aliphatic heterocycles. The Morgan fingerprint density at radius 3 is 2.52 bits per heavy atom. The van der Waals surface area contributed by atoms with Gasteiger partial charge in [-0.15, -0.1) is 0 Å². The number of ether oxygens (including phenoxy) is 1. The highest BCUT2D eigenvalue weighted by atomic mass is 32.2. The first kappa shape index (κ1) is 18.5. The molecule has 9 heteroatoms. The third-order valence-electron chi connectivity index (χ3n) is 4.95. The van der Waals surface area contributed by atoms with Crippen molar-refractivity contribution in [2.24, 2.45) is 0 Å². The second-order valence-electron chi connectivity index (χ2n) is 7.12. The predicted octanol–water partition coefficient (Wildman–Crippen LogP) is 2.92. The van der Waals surface area contributed by atoms with Gasteiger partial charge < -0.3 is 4.74 Å². The molecule has 146 valence electrons. The van der Waals surface area contributed by atoms with Crippen LogP contribution in [0.1, 0.15) is 36.1 Å². The Morgan fingerprint density at radius 2 is 1.89 bits per heavy atom. The summed E-state index contributed by atoms with van der Waals surface area (Å²) in [5, 5.41) is 4.26. The van der Waals surface area contributed by atoms with Gasteiger partial charge in [0, 0.05) is 24.8 Å². The molecule has 2 fully saturated rings. The van der Waals surface area contributed by atoms with Crippen molar-refractivity contribution in [2.75, 3.05) is 13.1 Å². The monoisotopic (exact) mass is 397 g/mol. The molecule has 1 saturated carbocycles. The van der Waals surface area contributed by atoms with Crippen LogP contribution >= 0.6 is 0 Å². The molecule has 1 aromatic carbocycles. The maximum Gasteiger partial charge on any atom is 0.265 e. The van der Waals surface area contributed by atoms with Crippen molar-refractivity contribution >= 4 is 10.0 Å². The molecule has 4 rings (SSSR count). The van der Waals surface area contributed by atoms with Gasteiger partial charge in [0.15, 0.2) is 0 Å². The minimum absolute atomic E-state index is 0.0181. The number of alkyl halides is 2. The van der Waals surface area contributed by atoms with E-state index in [2.05, 4.69) is 5.10 Å². The standard InChI is InChI=1S/C18H21F2N3O3S/c1-12-2-6-15(7-3-12)27(24,25)22-10-16(26-17(11-22)18(19)20)13-8-21-23(9-13)14-4-5-14/h2-3,6-9,14,16-18H,4-5,10-11H2,1H3. The van der Waals surface area contributed by atoms with Crippen LogP contribution in [0.15, 0.2) is 41.6 Å². The third-order valence-corrected chi connectivity index (χ3v) is 6.79. The first-order chi connectivity index (χ1) is 12.8. The van der Waals surface area contributed by atoms with E-state index in [0.29, 0.717) is 11.6 Å². The molecule has 0 spiro atoms. The summed E-state index contributed by atoms with van der Waals surface area (Å²) >= 11 is 0. The minimum atomic E-state index is -3.89. The number of aryl methyl sites for hydroxylation is 1. The van der Waals surface area contributed by atoms with Gasteiger partial charge in [-0.2, -0.15) is 9.40 Å². The van der Waals surface area contributed by atoms with E-state index < -0.39 is 28.7 Å². The highest BCUT2D eigenvalue weighted by Gasteiger charge is 2.40. The number of morpholine rings is 1. The molecule has 0 bridgehead atoms. The van der Waals surface area contributed by atoms with Crippen molar-refractivity contribution in [3.05, 3.63) is 47.8 Å². The topological polar surface area (TPSA) is 64.4 Å². The largest absolute Gasteiger partial charge is 0.361 e. The molecule has 0 N–H and O–H groups in total. The lowest BCUT2D eigenvalue weighted by Crippen LogP contribution is -2.49. The van der Waals surface area contributed by atoms with Crippen molar-refractivity contribution in [1.29, 1.82) is 0 Å². The van der Waals surface area contributed by atoms with Gasteiger partial charge in [0.1, 0.15) is 12.2 Å².